The Bertz CT molecular complexity index is 343. The number of hydrogen-bond acceptors (Lipinski definition) is 2. The molecule has 0 unspecified atom stereocenters. The smallest absolute Gasteiger partial charge is 0.0409 e. The standard InChI is InChI=1S/C12H16N2/c1-9(2)10-4-3-5-12-11(8-10)6-7-13-14-12/h3-4,7-9,14H,5-6H2,1-2H3. The van der Waals surface area contributed by atoms with Crippen LogP contribution in [0.1, 0.15) is 26.7 Å². The first-order valence-corrected chi connectivity index (χ1v) is 5.15. The predicted molar refractivity (Wildman–Crippen MR) is 59.9 cm³/mol. The van der Waals surface area contributed by atoms with Crippen molar-refractivity contribution in [1.82, 2.24) is 5.43 Å². The lowest BCUT2D eigenvalue weighted by Gasteiger charge is -2.13. The van der Waals surface area contributed by atoms with Crippen molar-refractivity contribution in [3.05, 3.63) is 35.1 Å². The van der Waals surface area contributed by atoms with Crippen LogP contribution in [0.4, 0.5) is 0 Å². The van der Waals surface area contributed by atoms with Gasteiger partial charge in [-0.25, -0.2) is 0 Å². The van der Waals surface area contributed by atoms with Gasteiger partial charge in [0.15, 0.2) is 0 Å². The van der Waals surface area contributed by atoms with Gasteiger partial charge in [0, 0.05) is 24.8 Å². The van der Waals surface area contributed by atoms with Gasteiger partial charge in [0.1, 0.15) is 0 Å². The molecule has 1 N–H and O–H groups in total. The summed E-state index contributed by atoms with van der Waals surface area (Å²) < 4.78 is 0. The van der Waals surface area contributed by atoms with Crippen LogP contribution in [0.15, 0.2) is 40.2 Å². The van der Waals surface area contributed by atoms with Gasteiger partial charge in [-0.2, -0.15) is 5.10 Å². The van der Waals surface area contributed by atoms with Crippen molar-refractivity contribution >= 4 is 6.21 Å². The Balaban J connectivity index is 2.31. The fraction of sp³-hybridized carbons (Fsp3) is 0.417. The number of hydrazone groups is 1. The predicted octanol–water partition coefficient (Wildman–Crippen LogP) is 2.76. The summed E-state index contributed by atoms with van der Waals surface area (Å²) in [6, 6.07) is 0. The van der Waals surface area contributed by atoms with E-state index in [4.69, 9.17) is 0 Å². The molecule has 2 heteroatoms. The van der Waals surface area contributed by atoms with E-state index in [1.807, 2.05) is 6.21 Å². The first-order chi connectivity index (χ1) is 6.77. The van der Waals surface area contributed by atoms with E-state index in [1.54, 1.807) is 0 Å². The summed E-state index contributed by atoms with van der Waals surface area (Å²) in [4.78, 5) is 0. The maximum Gasteiger partial charge on any atom is 0.0409 e. The molecule has 2 rings (SSSR count). The molecule has 1 aliphatic heterocycles. The molecule has 0 amide bonds. The first kappa shape index (κ1) is 9.25. The molecule has 0 aromatic carbocycles. The fourth-order valence-corrected chi connectivity index (χ4v) is 1.71. The van der Waals surface area contributed by atoms with Crippen molar-refractivity contribution in [3.63, 3.8) is 0 Å². The van der Waals surface area contributed by atoms with Crippen molar-refractivity contribution in [2.75, 3.05) is 0 Å². The summed E-state index contributed by atoms with van der Waals surface area (Å²) in [6.45, 7) is 4.46. The molecule has 14 heavy (non-hydrogen) atoms. The molecular weight excluding hydrogens is 172 g/mol. The van der Waals surface area contributed by atoms with Crippen LogP contribution >= 0.6 is 0 Å². The SMILES string of the molecule is CC(C)C1=CC2=C(CC=C1)NN=CC2. The molecule has 0 spiro atoms. The van der Waals surface area contributed by atoms with Crippen molar-refractivity contribution < 1.29 is 0 Å². The Morgan fingerprint density at radius 2 is 2.21 bits per heavy atom. The zero-order valence-electron chi connectivity index (χ0n) is 8.75. The highest BCUT2D eigenvalue weighted by Crippen LogP contribution is 2.23. The van der Waals surface area contributed by atoms with Crippen LogP contribution in [0.25, 0.3) is 0 Å². The third kappa shape index (κ3) is 1.79. The van der Waals surface area contributed by atoms with Gasteiger partial charge in [0.2, 0.25) is 0 Å². The van der Waals surface area contributed by atoms with E-state index in [-0.39, 0.29) is 0 Å². The van der Waals surface area contributed by atoms with Gasteiger partial charge in [-0.3, -0.25) is 5.43 Å². The van der Waals surface area contributed by atoms with Gasteiger partial charge >= 0.3 is 0 Å². The molecule has 0 aromatic rings. The highest BCUT2D eigenvalue weighted by Gasteiger charge is 2.11. The van der Waals surface area contributed by atoms with Gasteiger partial charge in [0.05, 0.1) is 0 Å². The topological polar surface area (TPSA) is 24.4 Å². The molecule has 0 bridgehead atoms. The van der Waals surface area contributed by atoms with Gasteiger partial charge in [-0.15, -0.1) is 0 Å². The molecule has 0 saturated heterocycles. The molecular formula is C12H16N2. The Morgan fingerprint density at radius 3 is 3.00 bits per heavy atom. The second-order valence-electron chi connectivity index (χ2n) is 4.04. The van der Waals surface area contributed by atoms with Crippen molar-refractivity contribution in [3.8, 4) is 0 Å². The molecule has 74 valence electrons. The number of nitrogens with zero attached hydrogens (tertiary/aromatic N) is 1. The maximum atomic E-state index is 4.08. The van der Waals surface area contributed by atoms with Crippen LogP contribution in [0, 0.1) is 5.92 Å². The van der Waals surface area contributed by atoms with E-state index in [9.17, 15) is 0 Å². The summed E-state index contributed by atoms with van der Waals surface area (Å²) in [5.41, 5.74) is 7.12. The third-order valence-corrected chi connectivity index (χ3v) is 2.63. The maximum absolute atomic E-state index is 4.08. The van der Waals surface area contributed by atoms with Crippen LogP contribution in [-0.4, -0.2) is 6.21 Å². The van der Waals surface area contributed by atoms with E-state index in [1.165, 1.54) is 16.8 Å². The second-order valence-corrected chi connectivity index (χ2v) is 4.04. The van der Waals surface area contributed by atoms with Crippen LogP contribution in [-0.2, 0) is 0 Å². The van der Waals surface area contributed by atoms with Crippen LogP contribution in [0.2, 0.25) is 0 Å². The molecule has 0 saturated carbocycles. The van der Waals surface area contributed by atoms with E-state index in [2.05, 4.69) is 42.6 Å². The van der Waals surface area contributed by atoms with Crippen molar-refractivity contribution in [2.45, 2.75) is 26.7 Å². The molecule has 1 aliphatic carbocycles. The van der Waals surface area contributed by atoms with E-state index in [0.29, 0.717) is 5.92 Å². The highest BCUT2D eigenvalue weighted by molar-refractivity contribution is 5.65. The van der Waals surface area contributed by atoms with Crippen molar-refractivity contribution in [1.29, 1.82) is 0 Å². The highest BCUT2D eigenvalue weighted by atomic mass is 15.3. The summed E-state index contributed by atoms with van der Waals surface area (Å²) >= 11 is 0. The lowest BCUT2D eigenvalue weighted by Crippen LogP contribution is -2.12. The molecule has 0 aromatic heterocycles. The summed E-state index contributed by atoms with van der Waals surface area (Å²) in [6.07, 6.45) is 10.6. The van der Waals surface area contributed by atoms with E-state index >= 15 is 0 Å². The largest absolute Gasteiger partial charge is 0.282 e. The molecule has 1 heterocycles. The molecule has 0 fully saturated rings. The normalized spacial score (nSPS) is 20.4. The Labute approximate surface area is 85.1 Å². The number of allylic oxidation sites excluding steroid dienone is 5. The van der Waals surface area contributed by atoms with Gasteiger partial charge < -0.3 is 0 Å². The first-order valence-electron chi connectivity index (χ1n) is 5.15. The molecule has 0 radical (unpaired) electrons. The average molecular weight is 188 g/mol. The molecule has 2 aliphatic rings. The van der Waals surface area contributed by atoms with Crippen LogP contribution < -0.4 is 5.43 Å². The Hall–Kier alpha value is -1.31. The van der Waals surface area contributed by atoms with Gasteiger partial charge in [-0.05, 0) is 17.1 Å². The zero-order chi connectivity index (χ0) is 9.97. The minimum atomic E-state index is 0.594. The number of nitrogens with one attached hydrogen (secondary N) is 1. The lowest BCUT2D eigenvalue weighted by atomic mass is 9.99. The minimum Gasteiger partial charge on any atom is -0.282 e. The number of rotatable bonds is 1. The monoisotopic (exact) mass is 188 g/mol. The van der Waals surface area contributed by atoms with E-state index in [0.717, 1.165) is 12.8 Å². The number of hydrogen-bond donors (Lipinski definition) is 1. The summed E-state index contributed by atoms with van der Waals surface area (Å²) in [5, 5.41) is 4.08. The fourth-order valence-electron chi connectivity index (χ4n) is 1.71. The van der Waals surface area contributed by atoms with Gasteiger partial charge in [0.25, 0.3) is 0 Å². The lowest BCUT2D eigenvalue weighted by molar-refractivity contribution is 0.789. The third-order valence-electron chi connectivity index (χ3n) is 2.63. The summed E-state index contributed by atoms with van der Waals surface area (Å²) in [7, 11) is 0. The quantitative estimate of drug-likeness (QED) is 0.672. The van der Waals surface area contributed by atoms with Crippen LogP contribution in [0.5, 0.6) is 0 Å². The second kappa shape index (κ2) is 3.82. The van der Waals surface area contributed by atoms with Gasteiger partial charge in [-0.1, -0.05) is 32.1 Å². The molecule has 2 nitrogen and oxygen atoms in total. The Kier molecular flexibility index (Phi) is 2.53. The van der Waals surface area contributed by atoms with Crippen molar-refractivity contribution in [2.24, 2.45) is 11.0 Å². The average Bonchev–Trinajstić information content (AvgIpc) is 2.39. The van der Waals surface area contributed by atoms with E-state index < -0.39 is 0 Å². The minimum absolute atomic E-state index is 0.594. The Morgan fingerprint density at radius 1 is 1.36 bits per heavy atom. The van der Waals surface area contributed by atoms with Crippen LogP contribution in [0.3, 0.4) is 0 Å². The zero-order valence-corrected chi connectivity index (χ0v) is 8.75. The summed E-state index contributed by atoms with van der Waals surface area (Å²) in [5.74, 6) is 0.594. The molecule has 0 atom stereocenters.